The minimum Gasteiger partial charge on any atom is -0.0917 e. The third-order valence-corrected chi connectivity index (χ3v) is 2.88. The Morgan fingerprint density at radius 3 is 2.38 bits per heavy atom. The topological polar surface area (TPSA) is 0 Å². The van der Waals surface area contributed by atoms with E-state index in [-0.39, 0.29) is 0 Å². The molecule has 0 heterocycles. The average molecular weight is 216 g/mol. The van der Waals surface area contributed by atoms with E-state index in [1.165, 1.54) is 24.8 Å². The zero-order chi connectivity index (χ0) is 11.8. The second-order valence-electron chi connectivity index (χ2n) is 4.99. The van der Waals surface area contributed by atoms with Crippen molar-refractivity contribution in [2.24, 2.45) is 11.8 Å². The summed E-state index contributed by atoms with van der Waals surface area (Å²) >= 11 is 0. The summed E-state index contributed by atoms with van der Waals surface area (Å²) in [5, 5.41) is 0. The minimum atomic E-state index is 0.790. The quantitative estimate of drug-likeness (QED) is 0.596. The summed E-state index contributed by atoms with van der Waals surface area (Å²) in [6.45, 7) is 6.73. The molecule has 0 aliphatic rings. The number of allylic oxidation sites excluding steroid dienone is 2. The van der Waals surface area contributed by atoms with Crippen molar-refractivity contribution in [3.8, 4) is 0 Å². The first-order valence-corrected chi connectivity index (χ1v) is 6.37. The molecule has 0 spiro atoms. The van der Waals surface area contributed by atoms with Crippen LogP contribution in [0.15, 0.2) is 42.5 Å². The summed E-state index contributed by atoms with van der Waals surface area (Å²) in [6.07, 6.45) is 8.21. The van der Waals surface area contributed by atoms with Gasteiger partial charge in [-0.05, 0) is 43.6 Å². The lowest BCUT2D eigenvalue weighted by Crippen LogP contribution is -2.07. The fraction of sp³-hybridized carbons (Fsp3) is 0.500. The predicted molar refractivity (Wildman–Crippen MR) is 72.5 cm³/mol. The van der Waals surface area contributed by atoms with Gasteiger partial charge in [0, 0.05) is 0 Å². The summed E-state index contributed by atoms with van der Waals surface area (Å²) in [6, 6.07) is 10.8. The first-order chi connectivity index (χ1) is 7.72. The number of hydrogen-bond acceptors (Lipinski definition) is 0. The van der Waals surface area contributed by atoms with Crippen LogP contribution >= 0.6 is 0 Å². The van der Waals surface area contributed by atoms with E-state index in [0.29, 0.717) is 0 Å². The zero-order valence-corrected chi connectivity index (χ0v) is 10.8. The Bertz CT molecular complexity index is 295. The van der Waals surface area contributed by atoms with Gasteiger partial charge in [-0.3, -0.25) is 0 Å². The largest absolute Gasteiger partial charge is 0.0917 e. The molecule has 0 heteroatoms. The smallest absolute Gasteiger partial charge is 0.0247 e. The zero-order valence-electron chi connectivity index (χ0n) is 10.8. The van der Waals surface area contributed by atoms with Crippen LogP contribution in [-0.2, 0) is 6.42 Å². The molecule has 0 saturated heterocycles. The molecule has 16 heavy (non-hydrogen) atoms. The Hall–Kier alpha value is -1.04. The van der Waals surface area contributed by atoms with Gasteiger partial charge in [-0.1, -0.05) is 56.3 Å². The van der Waals surface area contributed by atoms with Crippen LogP contribution in [0.25, 0.3) is 0 Å². The summed E-state index contributed by atoms with van der Waals surface area (Å²) in [4.78, 5) is 0. The molecule has 0 nitrogen and oxygen atoms in total. The predicted octanol–water partition coefficient (Wildman–Crippen LogP) is 4.86. The normalized spacial score (nSPS) is 13.5. The molecule has 1 unspecified atom stereocenters. The van der Waals surface area contributed by atoms with Crippen molar-refractivity contribution in [3.05, 3.63) is 48.0 Å². The van der Waals surface area contributed by atoms with Gasteiger partial charge in [-0.25, -0.2) is 0 Å². The van der Waals surface area contributed by atoms with E-state index < -0.39 is 0 Å². The SMILES string of the molecule is C/C=C/CC(Cc1ccccc1)CC(C)C. The lowest BCUT2D eigenvalue weighted by molar-refractivity contribution is 0.410. The standard InChI is InChI=1S/C16H24/c1-4-5-9-16(12-14(2)3)13-15-10-7-6-8-11-15/h4-8,10-11,14,16H,9,12-13H2,1-3H3/b5-4+. The van der Waals surface area contributed by atoms with E-state index in [4.69, 9.17) is 0 Å². The molecule has 0 aromatic heterocycles. The lowest BCUT2D eigenvalue weighted by Gasteiger charge is -2.17. The maximum atomic E-state index is 2.31. The van der Waals surface area contributed by atoms with Gasteiger partial charge in [0.2, 0.25) is 0 Å². The molecule has 0 amide bonds. The van der Waals surface area contributed by atoms with Gasteiger partial charge in [-0.2, -0.15) is 0 Å². The Labute approximate surface area is 100 Å². The van der Waals surface area contributed by atoms with Crippen molar-refractivity contribution >= 4 is 0 Å². The minimum absolute atomic E-state index is 0.790. The van der Waals surface area contributed by atoms with E-state index >= 15 is 0 Å². The summed E-state index contributed by atoms with van der Waals surface area (Å²) < 4.78 is 0. The van der Waals surface area contributed by atoms with Crippen molar-refractivity contribution in [2.75, 3.05) is 0 Å². The molecule has 1 atom stereocenters. The highest BCUT2D eigenvalue weighted by Gasteiger charge is 2.10. The molecule has 1 rings (SSSR count). The van der Waals surface area contributed by atoms with E-state index in [1.54, 1.807) is 0 Å². The molecule has 1 aromatic rings. The third-order valence-electron chi connectivity index (χ3n) is 2.88. The summed E-state index contributed by atoms with van der Waals surface area (Å²) in [7, 11) is 0. The fourth-order valence-electron chi connectivity index (χ4n) is 2.21. The van der Waals surface area contributed by atoms with Crippen LogP contribution < -0.4 is 0 Å². The molecule has 0 saturated carbocycles. The van der Waals surface area contributed by atoms with Crippen molar-refractivity contribution in [1.82, 2.24) is 0 Å². The van der Waals surface area contributed by atoms with Crippen molar-refractivity contribution < 1.29 is 0 Å². The summed E-state index contributed by atoms with van der Waals surface area (Å²) in [5.74, 6) is 1.58. The number of hydrogen-bond donors (Lipinski definition) is 0. The molecule has 0 bridgehead atoms. The number of benzene rings is 1. The summed E-state index contributed by atoms with van der Waals surface area (Å²) in [5.41, 5.74) is 1.47. The lowest BCUT2D eigenvalue weighted by atomic mass is 9.88. The van der Waals surface area contributed by atoms with E-state index in [9.17, 15) is 0 Å². The highest BCUT2D eigenvalue weighted by Crippen LogP contribution is 2.20. The van der Waals surface area contributed by atoms with Gasteiger partial charge < -0.3 is 0 Å². The Morgan fingerprint density at radius 1 is 1.12 bits per heavy atom. The third kappa shape index (κ3) is 5.16. The first kappa shape index (κ1) is 13.0. The van der Waals surface area contributed by atoms with Gasteiger partial charge in [0.1, 0.15) is 0 Å². The molecule has 0 aliphatic heterocycles. The second kappa shape index (κ2) is 7.27. The maximum Gasteiger partial charge on any atom is -0.0247 e. The van der Waals surface area contributed by atoms with Crippen LogP contribution in [0.4, 0.5) is 0 Å². The van der Waals surface area contributed by atoms with Crippen LogP contribution in [0, 0.1) is 11.8 Å². The van der Waals surface area contributed by atoms with Crippen molar-refractivity contribution in [3.63, 3.8) is 0 Å². The molecule has 0 N–H and O–H groups in total. The van der Waals surface area contributed by atoms with Gasteiger partial charge in [0.15, 0.2) is 0 Å². The molecule has 0 radical (unpaired) electrons. The van der Waals surface area contributed by atoms with Crippen molar-refractivity contribution in [2.45, 2.75) is 40.0 Å². The maximum absolute atomic E-state index is 2.31. The van der Waals surface area contributed by atoms with E-state index in [1.807, 2.05) is 0 Å². The molecule has 0 fully saturated rings. The monoisotopic (exact) mass is 216 g/mol. The molecular weight excluding hydrogens is 192 g/mol. The van der Waals surface area contributed by atoms with Crippen LogP contribution in [-0.4, -0.2) is 0 Å². The van der Waals surface area contributed by atoms with E-state index in [0.717, 1.165) is 11.8 Å². The van der Waals surface area contributed by atoms with Crippen LogP contribution in [0.5, 0.6) is 0 Å². The molecule has 88 valence electrons. The molecular formula is C16H24. The van der Waals surface area contributed by atoms with Crippen LogP contribution in [0.2, 0.25) is 0 Å². The number of rotatable bonds is 6. The second-order valence-corrected chi connectivity index (χ2v) is 4.99. The van der Waals surface area contributed by atoms with Gasteiger partial charge >= 0.3 is 0 Å². The Morgan fingerprint density at radius 2 is 1.81 bits per heavy atom. The van der Waals surface area contributed by atoms with Crippen LogP contribution in [0.3, 0.4) is 0 Å². The Balaban J connectivity index is 2.55. The van der Waals surface area contributed by atoms with Crippen LogP contribution in [0.1, 0.15) is 39.2 Å². The fourth-order valence-corrected chi connectivity index (χ4v) is 2.21. The highest BCUT2D eigenvalue weighted by atomic mass is 14.1. The average Bonchev–Trinajstić information content (AvgIpc) is 2.26. The Kier molecular flexibility index (Phi) is 5.92. The van der Waals surface area contributed by atoms with Gasteiger partial charge in [0.05, 0.1) is 0 Å². The van der Waals surface area contributed by atoms with Crippen molar-refractivity contribution in [1.29, 1.82) is 0 Å². The highest BCUT2D eigenvalue weighted by molar-refractivity contribution is 5.15. The molecule has 1 aromatic carbocycles. The van der Waals surface area contributed by atoms with E-state index in [2.05, 4.69) is 63.3 Å². The first-order valence-electron chi connectivity index (χ1n) is 6.37. The van der Waals surface area contributed by atoms with Gasteiger partial charge in [0.25, 0.3) is 0 Å². The molecule has 0 aliphatic carbocycles. The van der Waals surface area contributed by atoms with Gasteiger partial charge in [-0.15, -0.1) is 0 Å².